The third-order valence-electron chi connectivity index (χ3n) is 4.40. The largest absolute Gasteiger partial charge is 0.459 e. The molecule has 3 rings (SSSR count). The van der Waals surface area contributed by atoms with E-state index in [0.717, 1.165) is 18.4 Å². The zero-order valence-electron chi connectivity index (χ0n) is 13.9. The second-order valence-electron chi connectivity index (χ2n) is 6.22. The number of furan rings is 1. The van der Waals surface area contributed by atoms with Crippen LogP contribution in [0.25, 0.3) is 0 Å². The van der Waals surface area contributed by atoms with Crippen molar-refractivity contribution in [2.24, 2.45) is 0 Å². The number of carbonyl (C=O) groups excluding carboxylic acids is 2. The van der Waals surface area contributed by atoms with Gasteiger partial charge in [-0.15, -0.1) is 0 Å². The smallest absolute Gasteiger partial charge is 0.287 e. The van der Waals surface area contributed by atoms with Gasteiger partial charge in [0.1, 0.15) is 5.82 Å². The molecule has 1 aromatic carbocycles. The van der Waals surface area contributed by atoms with E-state index >= 15 is 0 Å². The van der Waals surface area contributed by atoms with Gasteiger partial charge >= 0.3 is 0 Å². The van der Waals surface area contributed by atoms with Crippen LogP contribution in [0.15, 0.2) is 47.1 Å². The summed E-state index contributed by atoms with van der Waals surface area (Å²) in [5.41, 5.74) is 0.802. The summed E-state index contributed by atoms with van der Waals surface area (Å²) in [5.74, 6) is -0.311. The van der Waals surface area contributed by atoms with Crippen LogP contribution >= 0.6 is 0 Å². The first-order valence-corrected chi connectivity index (χ1v) is 8.49. The van der Waals surface area contributed by atoms with Crippen molar-refractivity contribution in [3.8, 4) is 0 Å². The normalized spacial score (nSPS) is 15.9. The van der Waals surface area contributed by atoms with E-state index in [-0.39, 0.29) is 29.4 Å². The molecule has 1 aliphatic rings. The molecule has 1 aromatic heterocycles. The summed E-state index contributed by atoms with van der Waals surface area (Å²) in [7, 11) is 0. The average Bonchev–Trinajstić information content (AvgIpc) is 3.14. The van der Waals surface area contributed by atoms with Crippen molar-refractivity contribution in [2.75, 3.05) is 13.1 Å². The highest BCUT2D eigenvalue weighted by Gasteiger charge is 2.27. The van der Waals surface area contributed by atoms with Gasteiger partial charge in [-0.2, -0.15) is 0 Å². The van der Waals surface area contributed by atoms with Gasteiger partial charge in [-0.05, 0) is 49.1 Å². The van der Waals surface area contributed by atoms with Crippen molar-refractivity contribution in [3.05, 3.63) is 59.8 Å². The fourth-order valence-corrected chi connectivity index (χ4v) is 3.15. The van der Waals surface area contributed by atoms with Gasteiger partial charge in [0.2, 0.25) is 5.91 Å². The summed E-state index contributed by atoms with van der Waals surface area (Å²) in [6.45, 7) is 0.956. The molecule has 0 aliphatic carbocycles. The number of nitrogens with one attached hydrogen (secondary N) is 1. The number of piperidine rings is 1. The van der Waals surface area contributed by atoms with Crippen LogP contribution in [0, 0.1) is 5.82 Å². The molecule has 0 bridgehead atoms. The number of amides is 2. The number of likely N-dealkylation sites (tertiary alicyclic amines) is 1. The lowest BCUT2D eigenvalue weighted by atomic mass is 10.0. The first-order chi connectivity index (χ1) is 12.1. The minimum atomic E-state index is -0.321. The average molecular weight is 344 g/mol. The molecule has 5 nitrogen and oxygen atoms in total. The lowest BCUT2D eigenvalue weighted by Crippen LogP contribution is -2.49. The maximum Gasteiger partial charge on any atom is 0.287 e. The minimum absolute atomic E-state index is 0.0832. The summed E-state index contributed by atoms with van der Waals surface area (Å²) in [5, 5.41) is 2.82. The van der Waals surface area contributed by atoms with Crippen LogP contribution in [-0.4, -0.2) is 35.8 Å². The quantitative estimate of drug-likeness (QED) is 0.876. The van der Waals surface area contributed by atoms with Crippen LogP contribution in [0.1, 0.15) is 35.4 Å². The number of halogens is 1. The van der Waals surface area contributed by atoms with E-state index < -0.39 is 0 Å². The summed E-state index contributed by atoms with van der Waals surface area (Å²) < 4.78 is 18.6. The molecule has 1 aliphatic heterocycles. The van der Waals surface area contributed by atoms with Gasteiger partial charge in [-0.1, -0.05) is 12.1 Å². The molecule has 1 fully saturated rings. The lowest BCUT2D eigenvalue weighted by molar-refractivity contribution is -0.135. The van der Waals surface area contributed by atoms with E-state index in [9.17, 15) is 14.0 Å². The number of hydrogen-bond donors (Lipinski definition) is 1. The Kier molecular flexibility index (Phi) is 5.48. The van der Waals surface area contributed by atoms with Crippen LogP contribution in [0.2, 0.25) is 0 Å². The zero-order chi connectivity index (χ0) is 17.6. The Morgan fingerprint density at radius 1 is 1.28 bits per heavy atom. The van der Waals surface area contributed by atoms with Crippen molar-refractivity contribution in [1.29, 1.82) is 0 Å². The van der Waals surface area contributed by atoms with Gasteiger partial charge in [0, 0.05) is 19.5 Å². The van der Waals surface area contributed by atoms with Crippen LogP contribution in [0.5, 0.6) is 0 Å². The van der Waals surface area contributed by atoms with Crippen molar-refractivity contribution in [2.45, 2.75) is 31.7 Å². The van der Waals surface area contributed by atoms with Gasteiger partial charge < -0.3 is 14.6 Å². The predicted molar refractivity (Wildman–Crippen MR) is 90.5 cm³/mol. The van der Waals surface area contributed by atoms with Crippen molar-refractivity contribution in [3.63, 3.8) is 0 Å². The van der Waals surface area contributed by atoms with Crippen molar-refractivity contribution < 1.29 is 18.4 Å². The second-order valence-corrected chi connectivity index (χ2v) is 6.22. The van der Waals surface area contributed by atoms with E-state index in [0.29, 0.717) is 25.9 Å². The third kappa shape index (κ3) is 4.47. The third-order valence-corrected chi connectivity index (χ3v) is 4.40. The molecule has 1 N–H and O–H groups in total. The number of carbonyl (C=O) groups is 2. The fraction of sp³-hybridized carbons (Fsp3) is 0.368. The summed E-state index contributed by atoms with van der Waals surface area (Å²) in [6, 6.07) is 9.36. The molecule has 2 amide bonds. The molecule has 0 spiro atoms. The molecule has 0 radical (unpaired) electrons. The van der Waals surface area contributed by atoms with E-state index in [1.807, 2.05) is 6.07 Å². The topological polar surface area (TPSA) is 62.6 Å². The number of benzene rings is 1. The Morgan fingerprint density at radius 2 is 2.16 bits per heavy atom. The molecule has 1 unspecified atom stereocenters. The maximum atomic E-state index is 13.5. The lowest BCUT2D eigenvalue weighted by Gasteiger charge is -2.35. The van der Waals surface area contributed by atoms with Gasteiger partial charge in [0.15, 0.2) is 5.76 Å². The van der Waals surface area contributed by atoms with Gasteiger partial charge in [0.25, 0.3) is 5.91 Å². The van der Waals surface area contributed by atoms with E-state index in [1.165, 1.54) is 18.4 Å². The van der Waals surface area contributed by atoms with Gasteiger partial charge in [0.05, 0.1) is 12.3 Å². The molecule has 25 heavy (non-hydrogen) atoms. The molecule has 132 valence electrons. The van der Waals surface area contributed by atoms with Crippen LogP contribution in [-0.2, 0) is 11.2 Å². The second kappa shape index (κ2) is 7.96. The Morgan fingerprint density at radius 3 is 2.88 bits per heavy atom. The van der Waals surface area contributed by atoms with E-state index in [4.69, 9.17) is 4.42 Å². The van der Waals surface area contributed by atoms with Crippen molar-refractivity contribution >= 4 is 11.8 Å². The molecule has 2 heterocycles. The summed E-state index contributed by atoms with van der Waals surface area (Å²) in [4.78, 5) is 26.2. The Bertz CT molecular complexity index is 730. The Hall–Kier alpha value is -2.63. The highest BCUT2D eigenvalue weighted by atomic mass is 19.1. The molecule has 1 saturated heterocycles. The fourth-order valence-electron chi connectivity index (χ4n) is 3.15. The Balaban J connectivity index is 1.71. The molecule has 6 heteroatoms. The zero-order valence-corrected chi connectivity index (χ0v) is 13.9. The molecular weight excluding hydrogens is 323 g/mol. The highest BCUT2D eigenvalue weighted by Crippen LogP contribution is 2.17. The highest BCUT2D eigenvalue weighted by molar-refractivity contribution is 5.91. The standard InChI is InChI=1S/C19H21FN2O3/c20-15-6-3-5-14(11-15)12-16(22-9-2-1-8-18(22)23)13-21-19(24)17-7-4-10-25-17/h3-7,10-11,16H,1-2,8-9,12-13H2,(H,21,24). The first kappa shape index (κ1) is 17.2. The van der Waals surface area contributed by atoms with E-state index in [2.05, 4.69) is 5.32 Å². The summed E-state index contributed by atoms with van der Waals surface area (Å²) in [6.07, 6.45) is 4.28. The van der Waals surface area contributed by atoms with Crippen LogP contribution < -0.4 is 5.32 Å². The SMILES string of the molecule is O=C(NCC(Cc1cccc(F)c1)N1CCCCC1=O)c1ccco1. The minimum Gasteiger partial charge on any atom is -0.459 e. The molecule has 1 atom stereocenters. The van der Waals surface area contributed by atoms with Crippen LogP contribution in [0.4, 0.5) is 4.39 Å². The Labute approximate surface area is 145 Å². The summed E-state index contributed by atoms with van der Waals surface area (Å²) >= 11 is 0. The van der Waals surface area contributed by atoms with Gasteiger partial charge in [-0.3, -0.25) is 9.59 Å². The van der Waals surface area contributed by atoms with Crippen molar-refractivity contribution in [1.82, 2.24) is 10.2 Å². The molecule has 0 saturated carbocycles. The monoisotopic (exact) mass is 344 g/mol. The number of nitrogens with zero attached hydrogens (tertiary/aromatic N) is 1. The number of hydrogen-bond acceptors (Lipinski definition) is 3. The van der Waals surface area contributed by atoms with Crippen LogP contribution in [0.3, 0.4) is 0 Å². The predicted octanol–water partition coefficient (Wildman–Crippen LogP) is 2.77. The first-order valence-electron chi connectivity index (χ1n) is 8.49. The van der Waals surface area contributed by atoms with E-state index in [1.54, 1.807) is 23.1 Å². The molecule has 2 aromatic rings. The maximum absolute atomic E-state index is 13.5. The van der Waals surface area contributed by atoms with Gasteiger partial charge in [-0.25, -0.2) is 4.39 Å². The number of rotatable bonds is 6. The molecular formula is C19H21FN2O3.